The predicted molar refractivity (Wildman–Crippen MR) is 43.6 cm³/mol. The molecule has 4 N–H and O–H groups in total. The molecule has 68 valence electrons. The first-order valence-electron chi connectivity index (χ1n) is 3.39. The molecular formula is C8H7NO4. The van der Waals surface area contributed by atoms with Crippen LogP contribution >= 0.6 is 0 Å². The summed E-state index contributed by atoms with van der Waals surface area (Å²) < 4.78 is 0. The van der Waals surface area contributed by atoms with Gasteiger partial charge in [-0.25, -0.2) is 4.79 Å². The van der Waals surface area contributed by atoms with Crippen molar-refractivity contribution in [3.63, 3.8) is 0 Å². The maximum atomic E-state index is 10.7. The summed E-state index contributed by atoms with van der Waals surface area (Å²) in [5.41, 5.74) is 4.36. The lowest BCUT2D eigenvalue weighted by Gasteiger charge is -2.02. The Labute approximate surface area is 73.4 Å². The van der Waals surface area contributed by atoms with E-state index in [1.54, 1.807) is 0 Å². The van der Waals surface area contributed by atoms with E-state index in [0.717, 1.165) is 0 Å². The molecule has 0 radical (unpaired) electrons. The van der Waals surface area contributed by atoms with Crippen molar-refractivity contribution in [2.45, 2.75) is 0 Å². The number of phenols is 1. The number of carbonyl (C=O) groups is 2. The van der Waals surface area contributed by atoms with Crippen LogP contribution in [0.15, 0.2) is 18.2 Å². The molecule has 0 heterocycles. The highest BCUT2D eigenvalue weighted by atomic mass is 16.4. The van der Waals surface area contributed by atoms with Crippen molar-refractivity contribution >= 4 is 11.9 Å². The van der Waals surface area contributed by atoms with Gasteiger partial charge >= 0.3 is 5.97 Å². The maximum absolute atomic E-state index is 10.7. The number of aromatic carboxylic acids is 1. The van der Waals surface area contributed by atoms with Gasteiger partial charge in [-0.3, -0.25) is 4.79 Å². The fourth-order valence-corrected chi connectivity index (χ4v) is 0.915. The Morgan fingerprint density at radius 1 is 1.23 bits per heavy atom. The zero-order valence-corrected chi connectivity index (χ0v) is 6.52. The van der Waals surface area contributed by atoms with E-state index in [1.165, 1.54) is 18.2 Å². The van der Waals surface area contributed by atoms with Gasteiger partial charge in [0.1, 0.15) is 11.3 Å². The number of amides is 1. The van der Waals surface area contributed by atoms with Gasteiger partial charge in [0.15, 0.2) is 0 Å². The lowest BCUT2D eigenvalue weighted by Crippen LogP contribution is -2.12. The van der Waals surface area contributed by atoms with E-state index in [2.05, 4.69) is 0 Å². The van der Waals surface area contributed by atoms with Crippen LogP contribution in [0.1, 0.15) is 20.7 Å². The molecule has 1 aromatic rings. The highest BCUT2D eigenvalue weighted by Gasteiger charge is 2.15. The number of para-hydroxylation sites is 1. The molecule has 0 saturated carbocycles. The molecule has 0 aliphatic rings. The summed E-state index contributed by atoms with van der Waals surface area (Å²) >= 11 is 0. The maximum Gasteiger partial charge on any atom is 0.339 e. The number of hydrogen-bond donors (Lipinski definition) is 3. The minimum absolute atomic E-state index is 0.195. The molecule has 0 spiro atoms. The number of nitrogens with two attached hydrogens (primary N) is 1. The predicted octanol–water partition coefficient (Wildman–Crippen LogP) is 0.189. The van der Waals surface area contributed by atoms with Gasteiger partial charge < -0.3 is 15.9 Å². The molecule has 5 nitrogen and oxygen atoms in total. The quantitative estimate of drug-likeness (QED) is 0.606. The second kappa shape index (κ2) is 3.14. The molecule has 0 aliphatic heterocycles. The van der Waals surface area contributed by atoms with Gasteiger partial charge in [0.25, 0.3) is 5.91 Å². The highest BCUT2D eigenvalue weighted by molar-refractivity contribution is 6.00. The fourth-order valence-electron chi connectivity index (χ4n) is 0.915. The Morgan fingerprint density at radius 3 is 2.23 bits per heavy atom. The van der Waals surface area contributed by atoms with Crippen LogP contribution in [0.3, 0.4) is 0 Å². The van der Waals surface area contributed by atoms with E-state index in [1.807, 2.05) is 0 Å². The van der Waals surface area contributed by atoms with Crippen molar-refractivity contribution < 1.29 is 19.8 Å². The molecule has 1 rings (SSSR count). The largest absolute Gasteiger partial charge is 0.506 e. The molecule has 0 saturated heterocycles. The molecule has 0 bridgehead atoms. The molecule has 0 atom stereocenters. The van der Waals surface area contributed by atoms with E-state index in [9.17, 15) is 14.7 Å². The lowest BCUT2D eigenvalue weighted by molar-refractivity contribution is 0.0693. The minimum atomic E-state index is -1.30. The molecule has 0 unspecified atom stereocenters. The Balaban J connectivity index is 3.35. The first kappa shape index (κ1) is 9.05. The first-order valence-corrected chi connectivity index (χ1v) is 3.39. The second-order valence-electron chi connectivity index (χ2n) is 2.37. The Bertz CT molecular complexity index is 340. The van der Waals surface area contributed by atoms with Crippen LogP contribution in [0.2, 0.25) is 0 Å². The molecule has 1 aromatic carbocycles. The minimum Gasteiger partial charge on any atom is -0.506 e. The Morgan fingerprint density at radius 2 is 1.77 bits per heavy atom. The van der Waals surface area contributed by atoms with Gasteiger partial charge in [0.05, 0.1) is 5.56 Å². The van der Waals surface area contributed by atoms with Crippen LogP contribution in [-0.4, -0.2) is 22.1 Å². The summed E-state index contributed by atoms with van der Waals surface area (Å²) in [6, 6.07) is 3.78. The van der Waals surface area contributed by atoms with E-state index in [4.69, 9.17) is 10.8 Å². The lowest BCUT2D eigenvalue weighted by atomic mass is 10.1. The number of carboxylic acids is 1. The van der Waals surface area contributed by atoms with Gasteiger partial charge in [0, 0.05) is 0 Å². The number of rotatable bonds is 2. The van der Waals surface area contributed by atoms with Gasteiger partial charge in [0.2, 0.25) is 0 Å². The van der Waals surface area contributed by atoms with Crippen molar-refractivity contribution in [2.24, 2.45) is 5.73 Å². The SMILES string of the molecule is NC(=O)c1cccc(C(=O)O)c1O. The third-order valence-corrected chi connectivity index (χ3v) is 1.53. The van der Waals surface area contributed by atoms with E-state index in [-0.39, 0.29) is 11.1 Å². The van der Waals surface area contributed by atoms with Crippen LogP contribution in [0.25, 0.3) is 0 Å². The van der Waals surface area contributed by atoms with Crippen molar-refractivity contribution in [3.8, 4) is 5.75 Å². The number of benzene rings is 1. The van der Waals surface area contributed by atoms with Gasteiger partial charge in [-0.05, 0) is 12.1 Å². The van der Waals surface area contributed by atoms with Crippen LogP contribution < -0.4 is 5.73 Å². The number of carbonyl (C=O) groups excluding carboxylic acids is 1. The molecule has 5 heteroatoms. The van der Waals surface area contributed by atoms with Crippen LogP contribution in [0.4, 0.5) is 0 Å². The molecule has 0 aromatic heterocycles. The third-order valence-electron chi connectivity index (χ3n) is 1.53. The monoisotopic (exact) mass is 181 g/mol. The number of primary amides is 1. The summed E-state index contributed by atoms with van der Waals surface area (Å²) in [6.07, 6.45) is 0. The zero-order valence-electron chi connectivity index (χ0n) is 6.52. The average Bonchev–Trinajstić information content (AvgIpc) is 2.03. The van der Waals surface area contributed by atoms with E-state index < -0.39 is 17.6 Å². The first-order chi connectivity index (χ1) is 6.04. The third kappa shape index (κ3) is 1.58. The Hall–Kier alpha value is -2.04. The summed E-state index contributed by atoms with van der Waals surface area (Å²) in [5.74, 6) is -2.76. The van der Waals surface area contributed by atoms with Crippen molar-refractivity contribution in [3.05, 3.63) is 29.3 Å². The topological polar surface area (TPSA) is 101 Å². The van der Waals surface area contributed by atoms with Gasteiger partial charge in [-0.1, -0.05) is 6.07 Å². The average molecular weight is 181 g/mol. The second-order valence-corrected chi connectivity index (χ2v) is 2.37. The molecule has 0 fully saturated rings. The van der Waals surface area contributed by atoms with Crippen LogP contribution in [0, 0.1) is 0 Å². The fraction of sp³-hybridized carbons (Fsp3) is 0. The summed E-state index contributed by atoms with van der Waals surface area (Å²) in [6.45, 7) is 0. The normalized spacial score (nSPS) is 9.54. The molecule has 13 heavy (non-hydrogen) atoms. The van der Waals surface area contributed by atoms with Gasteiger partial charge in [-0.15, -0.1) is 0 Å². The zero-order chi connectivity index (χ0) is 10.0. The van der Waals surface area contributed by atoms with Crippen LogP contribution in [-0.2, 0) is 0 Å². The Kier molecular flexibility index (Phi) is 2.19. The van der Waals surface area contributed by atoms with Gasteiger partial charge in [-0.2, -0.15) is 0 Å². The summed E-state index contributed by atoms with van der Waals surface area (Å²) in [7, 11) is 0. The number of aromatic hydroxyl groups is 1. The van der Waals surface area contributed by atoms with Crippen molar-refractivity contribution in [1.82, 2.24) is 0 Å². The van der Waals surface area contributed by atoms with E-state index in [0.29, 0.717) is 0 Å². The number of carboxylic acid groups (broad SMARTS) is 1. The van der Waals surface area contributed by atoms with Crippen LogP contribution in [0.5, 0.6) is 5.75 Å². The standard InChI is InChI=1S/C8H7NO4/c9-7(11)4-2-1-3-5(6(4)10)8(12)13/h1-3,10H,(H2,9,11)(H,12,13). The summed E-state index contributed by atoms with van der Waals surface area (Å²) in [5, 5.41) is 17.8. The summed E-state index contributed by atoms with van der Waals surface area (Å²) in [4.78, 5) is 21.2. The van der Waals surface area contributed by atoms with E-state index >= 15 is 0 Å². The smallest absolute Gasteiger partial charge is 0.339 e. The molecule has 0 aliphatic carbocycles. The van der Waals surface area contributed by atoms with Crippen molar-refractivity contribution in [1.29, 1.82) is 0 Å². The molecule has 1 amide bonds. The highest BCUT2D eigenvalue weighted by Crippen LogP contribution is 2.21. The molecular weight excluding hydrogens is 174 g/mol. The van der Waals surface area contributed by atoms with Crippen molar-refractivity contribution in [2.75, 3.05) is 0 Å². The number of hydrogen-bond acceptors (Lipinski definition) is 3.